The maximum absolute atomic E-state index is 12.4. The number of nitrogens with zero attached hydrogens (tertiary/aromatic N) is 1. The van der Waals surface area contributed by atoms with Crippen molar-refractivity contribution >= 4 is 23.2 Å². The van der Waals surface area contributed by atoms with Gasteiger partial charge in [0.1, 0.15) is 12.3 Å². The fraction of sp³-hybridized carbons (Fsp3) is 0.263. The number of benzene rings is 2. The van der Waals surface area contributed by atoms with Crippen molar-refractivity contribution in [2.75, 3.05) is 38.1 Å². The van der Waals surface area contributed by atoms with Crippen LogP contribution >= 0.6 is 0 Å². The number of anilines is 2. The van der Waals surface area contributed by atoms with Gasteiger partial charge in [0.2, 0.25) is 11.8 Å². The second-order valence-electron chi connectivity index (χ2n) is 5.42. The number of ether oxygens (including phenoxy) is 3. The fourth-order valence-corrected chi connectivity index (χ4v) is 2.40. The average Bonchev–Trinajstić information content (AvgIpc) is 2.65. The van der Waals surface area contributed by atoms with Gasteiger partial charge in [-0.15, -0.1) is 0 Å². The monoisotopic (exact) mass is 358 g/mol. The molecule has 7 nitrogen and oxygen atoms in total. The van der Waals surface area contributed by atoms with Gasteiger partial charge in [0, 0.05) is 24.4 Å². The predicted molar refractivity (Wildman–Crippen MR) is 99.2 cm³/mol. The molecule has 0 bridgehead atoms. The number of nitrogens with one attached hydrogen (secondary N) is 1. The van der Waals surface area contributed by atoms with Crippen LogP contribution in [-0.2, 0) is 9.59 Å². The van der Waals surface area contributed by atoms with Crippen LogP contribution in [0.25, 0.3) is 0 Å². The molecule has 0 aromatic heterocycles. The third-order valence-corrected chi connectivity index (χ3v) is 3.73. The lowest BCUT2D eigenvalue weighted by Gasteiger charge is -2.21. The molecule has 7 heteroatoms. The largest absolute Gasteiger partial charge is 0.497 e. The minimum atomic E-state index is -0.330. The van der Waals surface area contributed by atoms with Gasteiger partial charge < -0.3 is 24.4 Å². The molecule has 2 aromatic rings. The molecule has 2 amide bonds. The lowest BCUT2D eigenvalue weighted by Crippen LogP contribution is -2.36. The second-order valence-corrected chi connectivity index (χ2v) is 5.42. The highest BCUT2D eigenvalue weighted by Crippen LogP contribution is 2.29. The Morgan fingerprint density at radius 1 is 0.923 bits per heavy atom. The van der Waals surface area contributed by atoms with Gasteiger partial charge >= 0.3 is 0 Å². The summed E-state index contributed by atoms with van der Waals surface area (Å²) in [4.78, 5) is 25.7. The molecule has 0 fully saturated rings. The zero-order valence-corrected chi connectivity index (χ0v) is 15.2. The van der Waals surface area contributed by atoms with Gasteiger partial charge in [0.25, 0.3) is 0 Å². The van der Waals surface area contributed by atoms with E-state index >= 15 is 0 Å². The lowest BCUT2D eigenvalue weighted by molar-refractivity contribution is -0.120. The summed E-state index contributed by atoms with van der Waals surface area (Å²) < 4.78 is 15.5. The molecule has 0 unspecified atom stereocenters. The van der Waals surface area contributed by atoms with Gasteiger partial charge in [-0.3, -0.25) is 9.59 Å². The lowest BCUT2D eigenvalue weighted by atomic mass is 10.2. The van der Waals surface area contributed by atoms with Crippen LogP contribution in [-0.4, -0.2) is 39.7 Å². The summed E-state index contributed by atoms with van der Waals surface area (Å²) in [6, 6.07) is 12.0. The predicted octanol–water partition coefficient (Wildman–Crippen LogP) is 2.70. The van der Waals surface area contributed by atoms with Crippen LogP contribution in [0.5, 0.6) is 17.2 Å². The van der Waals surface area contributed by atoms with Crippen LogP contribution in [0, 0.1) is 0 Å². The number of amides is 2. The Hall–Kier alpha value is -3.22. The summed E-state index contributed by atoms with van der Waals surface area (Å²) in [5, 5.41) is 2.75. The van der Waals surface area contributed by atoms with E-state index in [4.69, 9.17) is 14.2 Å². The van der Waals surface area contributed by atoms with Gasteiger partial charge in [0.15, 0.2) is 11.5 Å². The number of carbonyl (C=O) groups excluding carboxylic acids is 2. The van der Waals surface area contributed by atoms with Crippen molar-refractivity contribution < 1.29 is 23.8 Å². The number of rotatable bonds is 7. The van der Waals surface area contributed by atoms with Crippen molar-refractivity contribution in [1.29, 1.82) is 0 Å². The summed E-state index contributed by atoms with van der Waals surface area (Å²) in [5.41, 5.74) is 1.16. The number of hydrogen-bond donors (Lipinski definition) is 1. The third-order valence-electron chi connectivity index (χ3n) is 3.73. The molecule has 2 aromatic carbocycles. The first kappa shape index (κ1) is 19.1. The van der Waals surface area contributed by atoms with Crippen molar-refractivity contribution in [3.05, 3.63) is 42.5 Å². The summed E-state index contributed by atoms with van der Waals surface area (Å²) in [6.45, 7) is 1.30. The van der Waals surface area contributed by atoms with E-state index in [1.54, 1.807) is 49.6 Å². The van der Waals surface area contributed by atoms with E-state index < -0.39 is 0 Å². The van der Waals surface area contributed by atoms with Gasteiger partial charge in [0.05, 0.1) is 21.3 Å². The van der Waals surface area contributed by atoms with E-state index in [9.17, 15) is 9.59 Å². The molecule has 0 atom stereocenters. The molecule has 0 aliphatic rings. The van der Waals surface area contributed by atoms with Crippen molar-refractivity contribution in [2.45, 2.75) is 6.92 Å². The molecular formula is C19H22N2O5. The number of hydrogen-bond acceptors (Lipinski definition) is 5. The summed E-state index contributed by atoms with van der Waals surface area (Å²) in [5.74, 6) is 1.17. The molecule has 0 aliphatic heterocycles. The van der Waals surface area contributed by atoms with E-state index in [-0.39, 0.29) is 18.4 Å². The Balaban J connectivity index is 2.11. The smallest absolute Gasteiger partial charge is 0.244 e. The molecule has 138 valence electrons. The first-order valence-corrected chi connectivity index (χ1v) is 7.92. The van der Waals surface area contributed by atoms with E-state index in [2.05, 4.69) is 5.32 Å². The summed E-state index contributed by atoms with van der Waals surface area (Å²) in [6.07, 6.45) is 0. The zero-order valence-electron chi connectivity index (χ0n) is 15.2. The molecule has 26 heavy (non-hydrogen) atoms. The molecule has 0 saturated heterocycles. The number of carbonyl (C=O) groups is 2. The summed E-state index contributed by atoms with van der Waals surface area (Å²) >= 11 is 0. The van der Waals surface area contributed by atoms with Crippen LogP contribution in [0.4, 0.5) is 11.4 Å². The highest BCUT2D eigenvalue weighted by molar-refractivity contribution is 6.01. The topological polar surface area (TPSA) is 77.1 Å². The molecule has 2 rings (SSSR count). The summed E-state index contributed by atoms with van der Waals surface area (Å²) in [7, 11) is 4.62. The van der Waals surface area contributed by atoms with Crippen LogP contribution in [0.15, 0.2) is 42.5 Å². The van der Waals surface area contributed by atoms with Crippen LogP contribution < -0.4 is 24.4 Å². The first-order valence-electron chi connectivity index (χ1n) is 7.92. The second kappa shape index (κ2) is 8.75. The molecule has 0 aliphatic carbocycles. The van der Waals surface area contributed by atoms with Crippen molar-refractivity contribution in [3.63, 3.8) is 0 Å². The van der Waals surface area contributed by atoms with Crippen LogP contribution in [0.3, 0.4) is 0 Å². The minimum absolute atomic E-state index is 0.115. The normalized spacial score (nSPS) is 10.0. The van der Waals surface area contributed by atoms with Crippen LogP contribution in [0.1, 0.15) is 6.92 Å². The molecule has 0 saturated carbocycles. The quantitative estimate of drug-likeness (QED) is 0.823. The Kier molecular flexibility index (Phi) is 6.43. The fourth-order valence-electron chi connectivity index (χ4n) is 2.40. The van der Waals surface area contributed by atoms with E-state index in [1.807, 2.05) is 0 Å². The van der Waals surface area contributed by atoms with E-state index in [1.165, 1.54) is 26.0 Å². The Labute approximate surface area is 152 Å². The van der Waals surface area contributed by atoms with Gasteiger partial charge in [-0.1, -0.05) is 0 Å². The minimum Gasteiger partial charge on any atom is -0.497 e. The highest BCUT2D eigenvalue weighted by Gasteiger charge is 2.16. The van der Waals surface area contributed by atoms with Gasteiger partial charge in [-0.05, 0) is 36.4 Å². The van der Waals surface area contributed by atoms with E-state index in [0.717, 1.165) is 0 Å². The van der Waals surface area contributed by atoms with Crippen molar-refractivity contribution in [1.82, 2.24) is 0 Å². The first-order chi connectivity index (χ1) is 12.5. The third kappa shape index (κ3) is 4.66. The Bertz CT molecular complexity index is 774. The zero-order chi connectivity index (χ0) is 19.1. The highest BCUT2D eigenvalue weighted by atomic mass is 16.5. The van der Waals surface area contributed by atoms with Crippen molar-refractivity contribution in [3.8, 4) is 17.2 Å². The molecular weight excluding hydrogens is 336 g/mol. The average molecular weight is 358 g/mol. The maximum atomic E-state index is 12.4. The van der Waals surface area contributed by atoms with E-state index in [0.29, 0.717) is 28.6 Å². The Morgan fingerprint density at radius 3 is 2.12 bits per heavy atom. The Morgan fingerprint density at radius 2 is 1.58 bits per heavy atom. The van der Waals surface area contributed by atoms with Gasteiger partial charge in [-0.2, -0.15) is 0 Å². The standard InChI is InChI=1S/C19H22N2O5/c1-13(22)21(15-6-8-16(24-2)9-7-15)12-19(23)20-14-5-10-17(25-3)18(11-14)26-4/h5-11H,12H2,1-4H3,(H,20,23). The van der Waals surface area contributed by atoms with Gasteiger partial charge in [-0.25, -0.2) is 0 Å². The molecule has 0 radical (unpaired) electrons. The molecule has 1 N–H and O–H groups in total. The van der Waals surface area contributed by atoms with Crippen LogP contribution in [0.2, 0.25) is 0 Å². The maximum Gasteiger partial charge on any atom is 0.244 e. The van der Waals surface area contributed by atoms with Crippen molar-refractivity contribution in [2.24, 2.45) is 0 Å². The number of methoxy groups -OCH3 is 3. The SMILES string of the molecule is COc1ccc(N(CC(=O)Nc2ccc(OC)c(OC)c2)C(C)=O)cc1. The molecule has 0 heterocycles. The molecule has 0 spiro atoms.